The molecule has 0 unspecified atom stereocenters. The topological polar surface area (TPSA) is 114 Å². The number of carbonyl (C=O) groups excluding carboxylic acids is 2. The highest BCUT2D eigenvalue weighted by Gasteiger charge is 2.31. The van der Waals surface area contributed by atoms with E-state index >= 15 is 4.39 Å². The van der Waals surface area contributed by atoms with Crippen LogP contribution in [0, 0.1) is 17.6 Å². The van der Waals surface area contributed by atoms with Crippen molar-refractivity contribution in [1.82, 2.24) is 15.5 Å². The fourth-order valence-corrected chi connectivity index (χ4v) is 5.48. The Labute approximate surface area is 249 Å². The first-order chi connectivity index (χ1) is 20.3. The number of hydrogen-bond donors (Lipinski definition) is 4. The van der Waals surface area contributed by atoms with Crippen LogP contribution in [0.1, 0.15) is 41.6 Å². The third-order valence-electron chi connectivity index (χ3n) is 7.62. The molecule has 2 aromatic carbocycles. The van der Waals surface area contributed by atoms with Crippen LogP contribution >= 0.6 is 11.6 Å². The Morgan fingerprint density at radius 3 is 2.40 bits per heavy atom. The summed E-state index contributed by atoms with van der Waals surface area (Å²) in [5, 5.41) is 16.6. The predicted octanol–water partition coefficient (Wildman–Crippen LogP) is 5.00. The Morgan fingerprint density at radius 1 is 1.00 bits per heavy atom. The maximum absolute atomic E-state index is 15.0. The lowest BCUT2D eigenvalue weighted by Crippen LogP contribution is -2.47. The first-order valence-corrected chi connectivity index (χ1v) is 14.1. The zero-order valence-electron chi connectivity index (χ0n) is 22.9. The number of piperazine rings is 1. The maximum Gasteiger partial charge on any atom is 0.404 e. The minimum absolute atomic E-state index is 0.119. The number of rotatable bonds is 9. The minimum Gasteiger partial charge on any atom is -0.465 e. The Kier molecular flexibility index (Phi) is 10.3. The van der Waals surface area contributed by atoms with Gasteiger partial charge >= 0.3 is 12.3 Å². The second-order valence-electron chi connectivity index (χ2n) is 10.6. The molecule has 0 spiro atoms. The number of amides is 3. The SMILES string of the molecule is O=C(O)N[C@@H]1CC[C@@H](C(=O)NCc2ccc(C(=O)Nc3ccc(Cl)cc3N3CCN(CCC(F)(F)F)CC3)c(F)c2F)C1. The highest BCUT2D eigenvalue weighted by molar-refractivity contribution is 6.31. The highest BCUT2D eigenvalue weighted by Crippen LogP contribution is 2.32. The molecule has 1 saturated carbocycles. The van der Waals surface area contributed by atoms with Gasteiger partial charge in [0, 0.05) is 61.8 Å². The Balaban J connectivity index is 1.37. The summed E-state index contributed by atoms with van der Waals surface area (Å²) in [6, 6.07) is 6.54. The van der Waals surface area contributed by atoms with Gasteiger partial charge in [-0.05, 0) is 43.5 Å². The van der Waals surface area contributed by atoms with Crippen LogP contribution in [0.25, 0.3) is 0 Å². The van der Waals surface area contributed by atoms with Crippen molar-refractivity contribution in [3.63, 3.8) is 0 Å². The number of anilines is 2. The van der Waals surface area contributed by atoms with Gasteiger partial charge in [-0.25, -0.2) is 13.6 Å². The summed E-state index contributed by atoms with van der Waals surface area (Å²) in [5.74, 6) is -4.50. The standard InChI is InChI=1S/C28H31ClF5N5O4/c29-18-3-6-21(22(14-18)39-11-9-38(10-12-39)8-7-28(32,33)34)37-26(41)20-5-2-17(23(30)24(20)31)15-35-25(40)16-1-4-19(13-16)36-27(42)43/h2-3,5-6,14,16,19,36H,1,4,7-13,15H2,(H,35,40)(H,37,41)(H,42,43)/t16-,19-/m1/s1. The lowest BCUT2D eigenvalue weighted by atomic mass is 10.1. The number of nitrogens with one attached hydrogen (secondary N) is 3. The molecular weight excluding hydrogens is 601 g/mol. The van der Waals surface area contributed by atoms with Crippen LogP contribution in [0.4, 0.5) is 38.1 Å². The minimum atomic E-state index is -4.25. The van der Waals surface area contributed by atoms with E-state index in [1.807, 2.05) is 4.90 Å². The van der Waals surface area contributed by atoms with Crippen LogP contribution in [-0.2, 0) is 11.3 Å². The van der Waals surface area contributed by atoms with Crippen molar-refractivity contribution in [3.05, 3.63) is 58.1 Å². The van der Waals surface area contributed by atoms with E-state index < -0.39 is 53.6 Å². The smallest absolute Gasteiger partial charge is 0.404 e. The van der Waals surface area contributed by atoms with Crippen LogP contribution in [0.2, 0.25) is 5.02 Å². The molecule has 234 valence electrons. The summed E-state index contributed by atoms with van der Waals surface area (Å²) >= 11 is 6.16. The van der Waals surface area contributed by atoms with Gasteiger partial charge in [0.2, 0.25) is 5.91 Å². The van der Waals surface area contributed by atoms with Crippen molar-refractivity contribution in [2.45, 2.75) is 44.4 Å². The van der Waals surface area contributed by atoms with Gasteiger partial charge in [-0.2, -0.15) is 13.2 Å². The predicted molar refractivity (Wildman–Crippen MR) is 149 cm³/mol. The number of alkyl halides is 3. The molecule has 3 amide bonds. The Hall–Kier alpha value is -3.65. The monoisotopic (exact) mass is 631 g/mol. The fraction of sp³-hybridized carbons (Fsp3) is 0.464. The van der Waals surface area contributed by atoms with Gasteiger partial charge in [-0.1, -0.05) is 17.7 Å². The molecule has 4 N–H and O–H groups in total. The third kappa shape index (κ3) is 8.69. The van der Waals surface area contributed by atoms with Gasteiger partial charge in [0.25, 0.3) is 5.91 Å². The average molecular weight is 632 g/mol. The van der Waals surface area contributed by atoms with Gasteiger partial charge in [0.1, 0.15) is 0 Å². The molecule has 1 aliphatic carbocycles. The molecule has 1 saturated heterocycles. The van der Waals surface area contributed by atoms with Gasteiger partial charge in [-0.15, -0.1) is 0 Å². The van der Waals surface area contributed by atoms with Gasteiger partial charge in [-0.3, -0.25) is 14.5 Å². The number of hydrogen-bond acceptors (Lipinski definition) is 5. The lowest BCUT2D eigenvalue weighted by molar-refractivity contribution is -0.138. The molecule has 4 rings (SSSR count). The van der Waals surface area contributed by atoms with E-state index in [2.05, 4.69) is 16.0 Å². The largest absolute Gasteiger partial charge is 0.465 e. The zero-order chi connectivity index (χ0) is 31.3. The Morgan fingerprint density at radius 2 is 1.72 bits per heavy atom. The van der Waals surface area contributed by atoms with E-state index in [0.29, 0.717) is 56.2 Å². The van der Waals surface area contributed by atoms with Crippen LogP contribution in [0.5, 0.6) is 0 Å². The molecule has 0 bridgehead atoms. The molecule has 15 heteroatoms. The number of carboxylic acid groups (broad SMARTS) is 1. The van der Waals surface area contributed by atoms with Crippen LogP contribution in [-0.4, -0.2) is 72.9 Å². The van der Waals surface area contributed by atoms with Crippen molar-refractivity contribution in [3.8, 4) is 0 Å². The summed E-state index contributed by atoms with van der Waals surface area (Å²) < 4.78 is 67.7. The first kappa shape index (κ1) is 32.3. The zero-order valence-corrected chi connectivity index (χ0v) is 23.7. The molecule has 0 aromatic heterocycles. The molecule has 2 fully saturated rings. The maximum atomic E-state index is 15.0. The molecule has 1 aliphatic heterocycles. The van der Waals surface area contributed by atoms with E-state index in [-0.39, 0.29) is 30.4 Å². The van der Waals surface area contributed by atoms with Gasteiger partial charge in [0.05, 0.1) is 23.4 Å². The summed E-state index contributed by atoms with van der Waals surface area (Å²) in [5.41, 5.74) is 0.0193. The number of nitrogens with zero attached hydrogens (tertiary/aromatic N) is 2. The molecule has 0 radical (unpaired) electrons. The van der Waals surface area contributed by atoms with Crippen molar-refractivity contribution < 1.29 is 41.4 Å². The van der Waals surface area contributed by atoms with E-state index in [1.54, 1.807) is 11.0 Å². The molecule has 2 aliphatic rings. The van der Waals surface area contributed by atoms with Gasteiger partial charge in [0.15, 0.2) is 11.6 Å². The quantitative estimate of drug-likeness (QED) is 0.290. The summed E-state index contributed by atoms with van der Waals surface area (Å²) in [6.07, 6.45) is -5.09. The van der Waals surface area contributed by atoms with E-state index in [1.165, 1.54) is 18.2 Å². The van der Waals surface area contributed by atoms with Crippen molar-refractivity contribution in [2.75, 3.05) is 42.9 Å². The molecule has 9 nitrogen and oxygen atoms in total. The number of halogens is 6. The lowest BCUT2D eigenvalue weighted by Gasteiger charge is -2.37. The van der Waals surface area contributed by atoms with Crippen molar-refractivity contribution in [1.29, 1.82) is 0 Å². The van der Waals surface area contributed by atoms with Gasteiger partial charge < -0.3 is 26.0 Å². The summed E-state index contributed by atoms with van der Waals surface area (Å²) in [6.45, 7) is 0.993. The molecule has 43 heavy (non-hydrogen) atoms. The van der Waals surface area contributed by atoms with Crippen LogP contribution < -0.4 is 20.9 Å². The highest BCUT2D eigenvalue weighted by atomic mass is 35.5. The number of carbonyl (C=O) groups is 3. The molecule has 1 heterocycles. The Bertz CT molecular complexity index is 1350. The van der Waals surface area contributed by atoms with E-state index in [0.717, 1.165) is 6.07 Å². The molecular formula is C28H31ClF5N5O4. The summed E-state index contributed by atoms with van der Waals surface area (Å²) in [7, 11) is 0. The second kappa shape index (κ2) is 13.8. The van der Waals surface area contributed by atoms with E-state index in [9.17, 15) is 31.9 Å². The molecule has 2 aromatic rings. The third-order valence-corrected chi connectivity index (χ3v) is 7.86. The molecule has 2 atom stereocenters. The van der Waals surface area contributed by atoms with Crippen molar-refractivity contribution in [2.24, 2.45) is 5.92 Å². The second-order valence-corrected chi connectivity index (χ2v) is 11.0. The average Bonchev–Trinajstić information content (AvgIpc) is 3.41. The summed E-state index contributed by atoms with van der Waals surface area (Å²) in [4.78, 5) is 39.8. The first-order valence-electron chi connectivity index (χ1n) is 13.7. The van der Waals surface area contributed by atoms with Crippen LogP contribution in [0.15, 0.2) is 30.3 Å². The van der Waals surface area contributed by atoms with E-state index in [4.69, 9.17) is 16.7 Å². The fourth-order valence-electron chi connectivity index (χ4n) is 5.31. The van der Waals surface area contributed by atoms with Crippen molar-refractivity contribution >= 4 is 40.9 Å². The number of benzene rings is 2. The van der Waals surface area contributed by atoms with Crippen LogP contribution in [0.3, 0.4) is 0 Å². The normalized spacial score (nSPS) is 19.3.